The second kappa shape index (κ2) is 9.56. The van der Waals surface area contributed by atoms with Crippen LogP contribution in [-0.2, 0) is 14.3 Å². The van der Waals surface area contributed by atoms with Crippen LogP contribution in [0.1, 0.15) is 24.5 Å². The SMILES string of the molecule is CC(=O)N(CCC(=O)Nc1ccccc1N1CCOCC1)c1ccc(C)cc1C. The molecule has 1 heterocycles. The second-order valence-electron chi connectivity index (χ2n) is 7.38. The van der Waals surface area contributed by atoms with Crippen molar-refractivity contribution in [3.63, 3.8) is 0 Å². The summed E-state index contributed by atoms with van der Waals surface area (Å²) in [5.41, 5.74) is 4.82. The van der Waals surface area contributed by atoms with Gasteiger partial charge in [0.1, 0.15) is 0 Å². The van der Waals surface area contributed by atoms with Gasteiger partial charge in [-0.3, -0.25) is 9.59 Å². The van der Waals surface area contributed by atoms with Gasteiger partial charge in [-0.2, -0.15) is 0 Å². The number of nitrogens with one attached hydrogen (secondary N) is 1. The Bertz CT molecular complexity index is 875. The summed E-state index contributed by atoms with van der Waals surface area (Å²) in [5, 5.41) is 3.02. The zero-order chi connectivity index (χ0) is 20.8. The van der Waals surface area contributed by atoms with Crippen LogP contribution in [0.3, 0.4) is 0 Å². The monoisotopic (exact) mass is 395 g/mol. The molecule has 0 spiro atoms. The summed E-state index contributed by atoms with van der Waals surface area (Å²) in [6.45, 7) is 8.85. The topological polar surface area (TPSA) is 61.9 Å². The lowest BCUT2D eigenvalue weighted by atomic mass is 10.1. The summed E-state index contributed by atoms with van der Waals surface area (Å²) in [7, 11) is 0. The van der Waals surface area contributed by atoms with Gasteiger partial charge in [0, 0.05) is 38.7 Å². The van der Waals surface area contributed by atoms with Crippen molar-refractivity contribution >= 4 is 28.9 Å². The predicted molar refractivity (Wildman–Crippen MR) is 117 cm³/mol. The van der Waals surface area contributed by atoms with E-state index in [1.54, 1.807) is 4.90 Å². The minimum atomic E-state index is -0.110. The molecule has 2 aromatic rings. The largest absolute Gasteiger partial charge is 0.378 e. The van der Waals surface area contributed by atoms with Crippen LogP contribution in [-0.4, -0.2) is 44.7 Å². The van der Waals surface area contributed by atoms with E-state index in [1.807, 2.05) is 56.3 Å². The smallest absolute Gasteiger partial charge is 0.226 e. The molecule has 154 valence electrons. The Morgan fingerprint density at radius 2 is 1.83 bits per heavy atom. The van der Waals surface area contributed by atoms with Crippen molar-refractivity contribution in [2.24, 2.45) is 0 Å². The van der Waals surface area contributed by atoms with Crippen LogP contribution in [0.25, 0.3) is 0 Å². The van der Waals surface area contributed by atoms with Crippen molar-refractivity contribution in [3.05, 3.63) is 53.6 Å². The first-order valence-electron chi connectivity index (χ1n) is 10.0. The van der Waals surface area contributed by atoms with Crippen molar-refractivity contribution in [3.8, 4) is 0 Å². The number of para-hydroxylation sites is 2. The second-order valence-corrected chi connectivity index (χ2v) is 7.38. The minimum absolute atomic E-state index is 0.0709. The third-order valence-corrected chi connectivity index (χ3v) is 5.12. The quantitative estimate of drug-likeness (QED) is 0.813. The summed E-state index contributed by atoms with van der Waals surface area (Å²) in [4.78, 5) is 28.7. The van der Waals surface area contributed by atoms with E-state index in [0.717, 1.165) is 41.3 Å². The lowest BCUT2D eigenvalue weighted by Gasteiger charge is -2.30. The fourth-order valence-electron chi connectivity index (χ4n) is 3.64. The number of morpholine rings is 1. The Hall–Kier alpha value is -2.86. The molecule has 2 amide bonds. The Balaban J connectivity index is 1.66. The first-order chi connectivity index (χ1) is 14.0. The number of nitrogens with zero attached hydrogens (tertiary/aromatic N) is 2. The maximum Gasteiger partial charge on any atom is 0.226 e. The van der Waals surface area contributed by atoms with Gasteiger partial charge in [0.2, 0.25) is 11.8 Å². The Morgan fingerprint density at radius 3 is 2.52 bits per heavy atom. The summed E-state index contributed by atoms with van der Waals surface area (Å²) in [5.74, 6) is -0.180. The number of ether oxygens (including phenoxy) is 1. The third-order valence-electron chi connectivity index (χ3n) is 5.12. The van der Waals surface area contributed by atoms with Crippen molar-refractivity contribution in [2.45, 2.75) is 27.2 Å². The number of anilines is 3. The normalized spacial score (nSPS) is 13.8. The van der Waals surface area contributed by atoms with Gasteiger partial charge in [-0.25, -0.2) is 0 Å². The van der Waals surface area contributed by atoms with Gasteiger partial charge in [-0.1, -0.05) is 29.8 Å². The highest BCUT2D eigenvalue weighted by Gasteiger charge is 2.18. The van der Waals surface area contributed by atoms with Crippen LogP contribution < -0.4 is 15.1 Å². The fourth-order valence-corrected chi connectivity index (χ4v) is 3.64. The standard InChI is InChI=1S/C23H29N3O3/c1-17-8-9-21(18(2)16-17)26(19(3)27)11-10-23(28)24-20-6-4-5-7-22(20)25-12-14-29-15-13-25/h4-9,16H,10-15H2,1-3H3,(H,24,28). The highest BCUT2D eigenvalue weighted by atomic mass is 16.5. The first kappa shape index (κ1) is 20.9. The molecule has 6 nitrogen and oxygen atoms in total. The number of amides is 2. The van der Waals surface area contributed by atoms with E-state index < -0.39 is 0 Å². The average molecular weight is 396 g/mol. The molecular formula is C23H29N3O3. The number of benzene rings is 2. The van der Waals surface area contributed by atoms with Gasteiger partial charge in [-0.05, 0) is 37.6 Å². The predicted octanol–water partition coefficient (Wildman–Crippen LogP) is 3.52. The highest BCUT2D eigenvalue weighted by molar-refractivity contribution is 5.97. The molecule has 3 rings (SSSR count). The molecular weight excluding hydrogens is 366 g/mol. The maximum absolute atomic E-state index is 12.7. The molecule has 0 atom stereocenters. The number of carbonyl (C=O) groups is 2. The van der Waals surface area contributed by atoms with Crippen molar-refractivity contribution in [1.82, 2.24) is 0 Å². The summed E-state index contributed by atoms with van der Waals surface area (Å²) in [6.07, 6.45) is 0.227. The van der Waals surface area contributed by atoms with E-state index in [-0.39, 0.29) is 18.2 Å². The first-order valence-corrected chi connectivity index (χ1v) is 10.0. The molecule has 6 heteroatoms. The van der Waals surface area contributed by atoms with Gasteiger partial charge in [0.15, 0.2) is 0 Å². The lowest BCUT2D eigenvalue weighted by Crippen LogP contribution is -2.37. The fraction of sp³-hybridized carbons (Fsp3) is 0.391. The Kier molecular flexibility index (Phi) is 6.88. The Labute approximate surface area is 172 Å². The maximum atomic E-state index is 12.7. The molecule has 0 saturated carbocycles. The van der Waals surface area contributed by atoms with Gasteiger partial charge >= 0.3 is 0 Å². The van der Waals surface area contributed by atoms with Crippen LogP contribution in [0.5, 0.6) is 0 Å². The lowest BCUT2D eigenvalue weighted by molar-refractivity contribution is -0.117. The molecule has 1 aliphatic heterocycles. The molecule has 0 radical (unpaired) electrons. The average Bonchev–Trinajstić information content (AvgIpc) is 2.70. The molecule has 1 N–H and O–H groups in total. The Morgan fingerprint density at radius 1 is 1.10 bits per heavy atom. The van der Waals surface area contributed by atoms with Crippen LogP contribution in [0.4, 0.5) is 17.1 Å². The zero-order valence-electron chi connectivity index (χ0n) is 17.4. The molecule has 29 heavy (non-hydrogen) atoms. The molecule has 0 aliphatic carbocycles. The minimum Gasteiger partial charge on any atom is -0.378 e. The number of carbonyl (C=O) groups excluding carboxylic acids is 2. The van der Waals surface area contributed by atoms with Gasteiger partial charge < -0.3 is 19.9 Å². The third kappa shape index (κ3) is 5.35. The molecule has 1 saturated heterocycles. The van der Waals surface area contributed by atoms with Crippen molar-refractivity contribution < 1.29 is 14.3 Å². The number of hydrogen-bond donors (Lipinski definition) is 1. The van der Waals surface area contributed by atoms with Crippen molar-refractivity contribution in [1.29, 1.82) is 0 Å². The molecule has 0 unspecified atom stereocenters. The molecule has 1 aliphatic rings. The number of rotatable bonds is 6. The van der Waals surface area contributed by atoms with E-state index in [2.05, 4.69) is 10.2 Å². The highest BCUT2D eigenvalue weighted by Crippen LogP contribution is 2.27. The van der Waals surface area contributed by atoms with E-state index in [4.69, 9.17) is 4.74 Å². The van der Waals surface area contributed by atoms with E-state index in [0.29, 0.717) is 19.8 Å². The van der Waals surface area contributed by atoms with Gasteiger partial charge in [0.05, 0.1) is 24.6 Å². The number of aryl methyl sites for hydroxylation is 2. The van der Waals surface area contributed by atoms with E-state index in [1.165, 1.54) is 6.92 Å². The van der Waals surface area contributed by atoms with Crippen molar-refractivity contribution in [2.75, 3.05) is 48.0 Å². The van der Waals surface area contributed by atoms with Crippen LogP contribution in [0, 0.1) is 13.8 Å². The number of hydrogen-bond acceptors (Lipinski definition) is 4. The molecule has 1 fully saturated rings. The molecule has 0 aromatic heterocycles. The summed E-state index contributed by atoms with van der Waals surface area (Å²) < 4.78 is 5.42. The van der Waals surface area contributed by atoms with E-state index in [9.17, 15) is 9.59 Å². The van der Waals surface area contributed by atoms with E-state index >= 15 is 0 Å². The van der Waals surface area contributed by atoms with Gasteiger partial charge in [-0.15, -0.1) is 0 Å². The molecule has 2 aromatic carbocycles. The molecule has 0 bridgehead atoms. The summed E-state index contributed by atoms with van der Waals surface area (Å²) in [6, 6.07) is 13.8. The zero-order valence-corrected chi connectivity index (χ0v) is 17.4. The van der Waals surface area contributed by atoms with Gasteiger partial charge in [0.25, 0.3) is 0 Å². The van der Waals surface area contributed by atoms with Crippen LogP contribution in [0.2, 0.25) is 0 Å². The summed E-state index contributed by atoms with van der Waals surface area (Å²) >= 11 is 0. The van der Waals surface area contributed by atoms with Crippen LogP contribution >= 0.6 is 0 Å². The van der Waals surface area contributed by atoms with Crippen LogP contribution in [0.15, 0.2) is 42.5 Å².